The van der Waals surface area contributed by atoms with E-state index in [1.165, 1.54) is 12.1 Å². The fourth-order valence-corrected chi connectivity index (χ4v) is 2.19. The second-order valence-corrected chi connectivity index (χ2v) is 4.71. The number of imide groups is 1. The highest BCUT2D eigenvalue weighted by Crippen LogP contribution is 2.20. The summed E-state index contributed by atoms with van der Waals surface area (Å²) in [5.41, 5.74) is 0.955. The highest BCUT2D eigenvalue weighted by Gasteiger charge is 2.22. The molecule has 4 nitrogen and oxygen atoms in total. The highest BCUT2D eigenvalue weighted by molar-refractivity contribution is 6.07. The summed E-state index contributed by atoms with van der Waals surface area (Å²) < 4.78 is 0. The molecule has 0 fully saturated rings. The lowest BCUT2D eigenvalue weighted by molar-refractivity contribution is -0.121. The third kappa shape index (κ3) is 3.48. The number of aromatic hydroxyl groups is 1. The first kappa shape index (κ1) is 14.8. The fraction of sp³-hybridized carbons (Fsp3) is 0.176. The third-order valence-corrected chi connectivity index (χ3v) is 3.31. The second-order valence-electron chi connectivity index (χ2n) is 4.71. The molecule has 108 valence electrons. The average Bonchev–Trinajstić information content (AvgIpc) is 2.49. The van der Waals surface area contributed by atoms with E-state index in [2.05, 4.69) is 5.32 Å². The summed E-state index contributed by atoms with van der Waals surface area (Å²) >= 11 is 0. The molecule has 2 N–H and O–H groups in total. The number of para-hydroxylation sites is 1. The molecule has 0 unspecified atom stereocenters. The summed E-state index contributed by atoms with van der Waals surface area (Å²) in [7, 11) is 0. The Morgan fingerprint density at radius 3 is 2.29 bits per heavy atom. The van der Waals surface area contributed by atoms with Gasteiger partial charge in [-0.05, 0) is 24.1 Å². The Balaban J connectivity index is 2.13. The van der Waals surface area contributed by atoms with Crippen molar-refractivity contribution in [2.75, 3.05) is 0 Å². The van der Waals surface area contributed by atoms with Gasteiger partial charge in [0.25, 0.3) is 5.91 Å². The predicted octanol–water partition coefficient (Wildman–Crippen LogP) is 2.84. The minimum absolute atomic E-state index is 0.0914. The molecule has 0 saturated heterocycles. The lowest BCUT2D eigenvalue weighted by atomic mass is 9.95. The minimum atomic E-state index is -0.590. The topological polar surface area (TPSA) is 66.4 Å². The molecule has 0 aliphatic rings. The molecule has 2 rings (SSSR count). The van der Waals surface area contributed by atoms with Crippen LogP contribution in [0.3, 0.4) is 0 Å². The van der Waals surface area contributed by atoms with Gasteiger partial charge in [0.15, 0.2) is 0 Å². The second kappa shape index (κ2) is 6.70. The van der Waals surface area contributed by atoms with Crippen molar-refractivity contribution >= 4 is 11.8 Å². The van der Waals surface area contributed by atoms with Crippen LogP contribution in [-0.4, -0.2) is 16.9 Å². The molecule has 2 aromatic carbocycles. The molecule has 0 heterocycles. The number of amides is 2. The van der Waals surface area contributed by atoms with Crippen LogP contribution in [-0.2, 0) is 4.79 Å². The molecule has 0 radical (unpaired) electrons. The molecular weight excluding hydrogens is 266 g/mol. The monoisotopic (exact) mass is 283 g/mol. The van der Waals surface area contributed by atoms with E-state index in [0.717, 1.165) is 5.56 Å². The molecule has 4 heteroatoms. The maximum atomic E-state index is 12.3. The van der Waals surface area contributed by atoms with Crippen LogP contribution in [0.5, 0.6) is 5.75 Å². The van der Waals surface area contributed by atoms with Gasteiger partial charge in [0.05, 0.1) is 11.5 Å². The Kier molecular flexibility index (Phi) is 4.72. The Morgan fingerprint density at radius 2 is 1.67 bits per heavy atom. The molecule has 0 aliphatic carbocycles. The van der Waals surface area contributed by atoms with E-state index >= 15 is 0 Å². The van der Waals surface area contributed by atoms with E-state index < -0.39 is 5.91 Å². The van der Waals surface area contributed by atoms with Crippen molar-refractivity contribution in [3.05, 3.63) is 65.7 Å². The van der Waals surface area contributed by atoms with Crippen molar-refractivity contribution in [2.45, 2.75) is 19.3 Å². The number of nitrogens with one attached hydrogen (secondary N) is 1. The van der Waals surface area contributed by atoms with Gasteiger partial charge in [-0.3, -0.25) is 14.9 Å². The molecule has 0 aliphatic heterocycles. The van der Waals surface area contributed by atoms with Crippen LogP contribution < -0.4 is 5.32 Å². The van der Waals surface area contributed by atoms with Gasteiger partial charge < -0.3 is 5.11 Å². The molecule has 1 atom stereocenters. The summed E-state index contributed by atoms with van der Waals surface area (Å²) in [6, 6.07) is 15.4. The van der Waals surface area contributed by atoms with Crippen LogP contribution in [0.4, 0.5) is 0 Å². The van der Waals surface area contributed by atoms with Gasteiger partial charge in [0.2, 0.25) is 5.91 Å². The first-order valence-corrected chi connectivity index (χ1v) is 6.81. The van der Waals surface area contributed by atoms with Crippen LogP contribution in [0.1, 0.15) is 35.2 Å². The summed E-state index contributed by atoms with van der Waals surface area (Å²) in [5.74, 6) is -1.49. The Labute approximate surface area is 123 Å². The molecule has 21 heavy (non-hydrogen) atoms. The fourth-order valence-electron chi connectivity index (χ4n) is 2.19. The molecule has 2 amide bonds. The van der Waals surface area contributed by atoms with E-state index in [4.69, 9.17) is 0 Å². The number of phenolic OH excluding ortho intramolecular Hbond substituents is 1. The lowest BCUT2D eigenvalue weighted by Crippen LogP contribution is -2.34. The van der Waals surface area contributed by atoms with Crippen LogP contribution in [0.25, 0.3) is 0 Å². The van der Waals surface area contributed by atoms with Crippen molar-refractivity contribution in [3.63, 3.8) is 0 Å². The zero-order valence-corrected chi connectivity index (χ0v) is 11.7. The normalized spacial score (nSPS) is 11.7. The number of carbonyl (C=O) groups excluding carboxylic acids is 2. The lowest BCUT2D eigenvalue weighted by Gasteiger charge is -2.15. The van der Waals surface area contributed by atoms with Crippen LogP contribution in [0.2, 0.25) is 0 Å². The Hall–Kier alpha value is -2.62. The van der Waals surface area contributed by atoms with Crippen LogP contribution in [0, 0.1) is 0 Å². The van der Waals surface area contributed by atoms with Gasteiger partial charge in [-0.25, -0.2) is 0 Å². The highest BCUT2D eigenvalue weighted by atomic mass is 16.3. The average molecular weight is 283 g/mol. The van der Waals surface area contributed by atoms with Gasteiger partial charge in [-0.2, -0.15) is 0 Å². The number of hydrogen-bond donors (Lipinski definition) is 2. The van der Waals surface area contributed by atoms with Crippen molar-refractivity contribution in [1.82, 2.24) is 5.32 Å². The van der Waals surface area contributed by atoms with Crippen LogP contribution in [0.15, 0.2) is 54.6 Å². The molecule has 0 spiro atoms. The Bertz CT molecular complexity index is 637. The summed E-state index contributed by atoms with van der Waals surface area (Å²) in [6.07, 6.45) is 0.587. The molecule has 0 aromatic heterocycles. The predicted molar refractivity (Wildman–Crippen MR) is 80.1 cm³/mol. The first-order chi connectivity index (χ1) is 10.1. The number of hydrogen-bond acceptors (Lipinski definition) is 3. The molecule has 0 bridgehead atoms. The zero-order chi connectivity index (χ0) is 15.2. The summed E-state index contributed by atoms with van der Waals surface area (Å²) in [5, 5.41) is 12.0. The summed E-state index contributed by atoms with van der Waals surface area (Å²) in [6.45, 7) is 1.89. The Morgan fingerprint density at radius 1 is 1.05 bits per heavy atom. The number of rotatable bonds is 4. The maximum Gasteiger partial charge on any atom is 0.261 e. The molecular formula is C17H17NO3. The van der Waals surface area contributed by atoms with Crippen molar-refractivity contribution < 1.29 is 14.7 Å². The largest absolute Gasteiger partial charge is 0.507 e. The van der Waals surface area contributed by atoms with E-state index in [1.807, 2.05) is 37.3 Å². The standard InChI is InChI=1S/C17H17NO3/c1-2-13(12-8-4-3-5-9-12)16(20)18-17(21)14-10-6-7-11-15(14)19/h3-11,13,19H,2H2,1H3,(H,18,20,21)/t13-/m0/s1. The maximum absolute atomic E-state index is 12.3. The van der Waals surface area contributed by atoms with Gasteiger partial charge in [0.1, 0.15) is 5.75 Å². The summed E-state index contributed by atoms with van der Waals surface area (Å²) in [4.78, 5) is 24.3. The van der Waals surface area contributed by atoms with Gasteiger partial charge in [-0.1, -0.05) is 49.4 Å². The quantitative estimate of drug-likeness (QED) is 0.906. The first-order valence-electron chi connectivity index (χ1n) is 6.81. The van der Waals surface area contributed by atoms with Gasteiger partial charge >= 0.3 is 0 Å². The number of carbonyl (C=O) groups is 2. The van der Waals surface area contributed by atoms with E-state index in [1.54, 1.807) is 12.1 Å². The number of benzene rings is 2. The molecule has 0 saturated carbocycles. The van der Waals surface area contributed by atoms with Crippen molar-refractivity contribution in [3.8, 4) is 5.75 Å². The minimum Gasteiger partial charge on any atom is -0.507 e. The number of phenols is 1. The van der Waals surface area contributed by atoms with Crippen molar-refractivity contribution in [2.24, 2.45) is 0 Å². The van der Waals surface area contributed by atoms with E-state index in [-0.39, 0.29) is 23.1 Å². The smallest absolute Gasteiger partial charge is 0.261 e. The SMILES string of the molecule is CC[C@H](C(=O)NC(=O)c1ccccc1O)c1ccccc1. The van der Waals surface area contributed by atoms with Crippen LogP contribution >= 0.6 is 0 Å². The van der Waals surface area contributed by atoms with E-state index in [0.29, 0.717) is 6.42 Å². The molecule has 2 aromatic rings. The third-order valence-electron chi connectivity index (χ3n) is 3.31. The van der Waals surface area contributed by atoms with Gasteiger partial charge in [0, 0.05) is 0 Å². The van der Waals surface area contributed by atoms with Crippen molar-refractivity contribution in [1.29, 1.82) is 0 Å². The van der Waals surface area contributed by atoms with Gasteiger partial charge in [-0.15, -0.1) is 0 Å². The zero-order valence-electron chi connectivity index (χ0n) is 11.7. The van der Waals surface area contributed by atoms with E-state index in [9.17, 15) is 14.7 Å².